The minimum atomic E-state index is -4.36. The van der Waals surface area contributed by atoms with Crippen LogP contribution in [-0.4, -0.2) is 55.7 Å². The van der Waals surface area contributed by atoms with Gasteiger partial charge in [0, 0.05) is 38.6 Å². The van der Waals surface area contributed by atoms with Crippen LogP contribution in [0.4, 0.5) is 13.2 Å². The van der Waals surface area contributed by atoms with Crippen molar-refractivity contribution < 1.29 is 18.0 Å². The Hall–Kier alpha value is -1.83. The van der Waals surface area contributed by atoms with Crippen molar-refractivity contribution in [3.63, 3.8) is 0 Å². The van der Waals surface area contributed by atoms with Crippen LogP contribution in [0, 0.1) is 5.92 Å². The van der Waals surface area contributed by atoms with Crippen molar-refractivity contribution in [2.75, 3.05) is 32.7 Å². The van der Waals surface area contributed by atoms with Gasteiger partial charge in [0.1, 0.15) is 6.04 Å². The first-order valence-corrected chi connectivity index (χ1v) is 9.71. The van der Waals surface area contributed by atoms with Gasteiger partial charge in [-0.15, -0.1) is 12.4 Å². The number of nitrogens with zero attached hydrogens (tertiary/aromatic N) is 1. The fourth-order valence-electron chi connectivity index (χ4n) is 4.07. The zero-order valence-corrected chi connectivity index (χ0v) is 16.7. The van der Waals surface area contributed by atoms with E-state index in [0.717, 1.165) is 16.3 Å². The number of amides is 1. The Balaban J connectivity index is 0.00000240. The van der Waals surface area contributed by atoms with Crippen molar-refractivity contribution in [1.82, 2.24) is 15.5 Å². The summed E-state index contributed by atoms with van der Waals surface area (Å²) in [7, 11) is 0. The average Bonchev–Trinajstić information content (AvgIpc) is 3.48. The minimum absolute atomic E-state index is 0. The van der Waals surface area contributed by atoms with E-state index in [-0.39, 0.29) is 36.7 Å². The van der Waals surface area contributed by atoms with Gasteiger partial charge in [-0.3, -0.25) is 9.69 Å². The third-order valence-electron chi connectivity index (χ3n) is 5.77. The average molecular weight is 428 g/mol. The fourth-order valence-corrected chi connectivity index (χ4v) is 4.07. The summed E-state index contributed by atoms with van der Waals surface area (Å²) >= 11 is 0. The highest BCUT2D eigenvalue weighted by Crippen LogP contribution is 2.48. The highest BCUT2D eigenvalue weighted by Gasteiger charge is 2.47. The number of hydrogen-bond acceptors (Lipinski definition) is 3. The Morgan fingerprint density at radius 2 is 1.83 bits per heavy atom. The first-order valence-electron chi connectivity index (χ1n) is 9.71. The second-order valence-electron chi connectivity index (χ2n) is 7.64. The van der Waals surface area contributed by atoms with Gasteiger partial charge in [-0.25, -0.2) is 0 Å². The van der Waals surface area contributed by atoms with Crippen LogP contribution in [0.1, 0.15) is 17.9 Å². The zero-order valence-electron chi connectivity index (χ0n) is 15.9. The highest BCUT2D eigenvalue weighted by atomic mass is 35.5. The van der Waals surface area contributed by atoms with E-state index in [0.29, 0.717) is 32.6 Å². The summed E-state index contributed by atoms with van der Waals surface area (Å²) < 4.78 is 40.3. The summed E-state index contributed by atoms with van der Waals surface area (Å²) in [6, 6.07) is 12.5. The van der Waals surface area contributed by atoms with E-state index in [1.54, 1.807) is 0 Å². The molecule has 1 saturated heterocycles. The number of rotatable bonds is 5. The molecule has 1 heterocycles. The first kappa shape index (κ1) is 21.9. The van der Waals surface area contributed by atoms with Crippen LogP contribution >= 0.6 is 12.4 Å². The predicted molar refractivity (Wildman–Crippen MR) is 109 cm³/mol. The molecule has 2 aromatic carbocycles. The molecule has 2 aromatic rings. The minimum Gasteiger partial charge on any atom is -0.354 e. The number of nitrogens with one attached hydrogen (secondary N) is 2. The summed E-state index contributed by atoms with van der Waals surface area (Å²) in [5, 5.41) is 7.87. The number of carbonyl (C=O) groups is 1. The highest BCUT2D eigenvalue weighted by molar-refractivity contribution is 5.86. The molecule has 0 aromatic heterocycles. The van der Waals surface area contributed by atoms with Crippen molar-refractivity contribution in [2.24, 2.45) is 5.92 Å². The Morgan fingerprint density at radius 1 is 1.14 bits per heavy atom. The number of piperazine rings is 1. The summed E-state index contributed by atoms with van der Waals surface area (Å²) in [4.78, 5) is 13.9. The first-order chi connectivity index (χ1) is 13.4. The maximum absolute atomic E-state index is 13.4. The standard InChI is InChI=1S/C21H24F3N3O.ClH/c22-21(23,24)19(27-9-7-25-8-10-27)13-26-20(28)18-12-17(18)16-6-5-14-3-1-2-4-15(14)11-16;/h1-6,11,17-19,25H,7-10,12-13H2,(H,26,28);1H. The fraction of sp³-hybridized carbons (Fsp3) is 0.476. The third kappa shape index (κ3) is 5.02. The van der Waals surface area contributed by atoms with E-state index < -0.39 is 12.2 Å². The molecule has 4 nitrogen and oxygen atoms in total. The van der Waals surface area contributed by atoms with E-state index in [1.165, 1.54) is 4.90 Å². The number of benzene rings is 2. The Kier molecular flexibility index (Phi) is 6.71. The second-order valence-corrected chi connectivity index (χ2v) is 7.64. The summed E-state index contributed by atoms with van der Waals surface area (Å²) in [5.41, 5.74) is 1.08. The molecule has 2 fully saturated rings. The molecular formula is C21H25ClF3N3O. The van der Waals surface area contributed by atoms with E-state index in [4.69, 9.17) is 0 Å². The maximum atomic E-state index is 13.4. The van der Waals surface area contributed by atoms with Crippen LogP contribution in [0.25, 0.3) is 10.8 Å². The summed E-state index contributed by atoms with van der Waals surface area (Å²) in [6.45, 7) is 1.36. The maximum Gasteiger partial charge on any atom is 0.405 e. The molecule has 2 N–H and O–H groups in total. The van der Waals surface area contributed by atoms with Gasteiger partial charge in [-0.1, -0.05) is 42.5 Å². The molecule has 3 unspecified atom stereocenters. The Bertz CT molecular complexity index is 854. The number of fused-ring (bicyclic) bond motifs is 1. The number of alkyl halides is 3. The lowest BCUT2D eigenvalue weighted by atomic mass is 10.0. The van der Waals surface area contributed by atoms with Gasteiger partial charge in [0.25, 0.3) is 0 Å². The van der Waals surface area contributed by atoms with Gasteiger partial charge in [0.15, 0.2) is 0 Å². The van der Waals surface area contributed by atoms with E-state index in [9.17, 15) is 18.0 Å². The Morgan fingerprint density at radius 3 is 2.52 bits per heavy atom. The lowest BCUT2D eigenvalue weighted by molar-refractivity contribution is -0.184. The van der Waals surface area contributed by atoms with Crippen LogP contribution in [0.5, 0.6) is 0 Å². The van der Waals surface area contributed by atoms with E-state index in [1.807, 2.05) is 36.4 Å². The lowest BCUT2D eigenvalue weighted by Crippen LogP contribution is -2.57. The molecular weight excluding hydrogens is 403 g/mol. The molecule has 1 amide bonds. The molecule has 0 spiro atoms. The van der Waals surface area contributed by atoms with Crippen molar-refractivity contribution in [1.29, 1.82) is 0 Å². The summed E-state index contributed by atoms with van der Waals surface area (Å²) in [6.07, 6.45) is -3.67. The van der Waals surface area contributed by atoms with E-state index >= 15 is 0 Å². The van der Waals surface area contributed by atoms with Crippen LogP contribution in [0.3, 0.4) is 0 Å². The van der Waals surface area contributed by atoms with Crippen LogP contribution < -0.4 is 10.6 Å². The van der Waals surface area contributed by atoms with E-state index in [2.05, 4.69) is 16.7 Å². The largest absolute Gasteiger partial charge is 0.405 e. The topological polar surface area (TPSA) is 44.4 Å². The monoisotopic (exact) mass is 427 g/mol. The number of halogens is 4. The summed E-state index contributed by atoms with van der Waals surface area (Å²) in [5.74, 6) is -0.422. The molecule has 1 aliphatic carbocycles. The van der Waals surface area contributed by atoms with Crippen molar-refractivity contribution in [2.45, 2.75) is 24.6 Å². The van der Waals surface area contributed by atoms with Gasteiger partial charge >= 0.3 is 6.18 Å². The third-order valence-corrected chi connectivity index (χ3v) is 5.77. The van der Waals surface area contributed by atoms with Crippen LogP contribution in [0.15, 0.2) is 42.5 Å². The van der Waals surface area contributed by atoms with Gasteiger partial charge in [0.05, 0.1) is 0 Å². The van der Waals surface area contributed by atoms with Gasteiger partial charge < -0.3 is 10.6 Å². The van der Waals surface area contributed by atoms with Crippen molar-refractivity contribution in [3.05, 3.63) is 48.0 Å². The number of carbonyl (C=O) groups excluding carboxylic acids is 1. The normalized spacial score (nSPS) is 23.3. The molecule has 0 radical (unpaired) electrons. The molecule has 1 aliphatic heterocycles. The molecule has 8 heteroatoms. The molecule has 4 rings (SSSR count). The smallest absolute Gasteiger partial charge is 0.354 e. The van der Waals surface area contributed by atoms with Gasteiger partial charge in [-0.2, -0.15) is 13.2 Å². The SMILES string of the molecule is Cl.O=C(NCC(N1CCNCC1)C(F)(F)F)C1CC1c1ccc2ccccc2c1. The van der Waals surface area contributed by atoms with Gasteiger partial charge in [0.2, 0.25) is 5.91 Å². The molecule has 1 saturated carbocycles. The second kappa shape index (κ2) is 8.90. The number of hydrogen-bond donors (Lipinski definition) is 2. The van der Waals surface area contributed by atoms with Crippen molar-refractivity contribution >= 4 is 29.1 Å². The van der Waals surface area contributed by atoms with Gasteiger partial charge in [-0.05, 0) is 28.7 Å². The quantitative estimate of drug-likeness (QED) is 0.769. The lowest BCUT2D eigenvalue weighted by Gasteiger charge is -2.35. The van der Waals surface area contributed by atoms with Crippen LogP contribution in [0.2, 0.25) is 0 Å². The molecule has 158 valence electrons. The molecule has 0 bridgehead atoms. The zero-order chi connectivity index (χ0) is 19.7. The molecule has 29 heavy (non-hydrogen) atoms. The van der Waals surface area contributed by atoms with Crippen LogP contribution in [-0.2, 0) is 4.79 Å². The van der Waals surface area contributed by atoms with Crippen molar-refractivity contribution in [3.8, 4) is 0 Å². The predicted octanol–water partition coefficient (Wildman–Crippen LogP) is 3.32. The molecule has 2 aliphatic rings. The Labute approximate surface area is 174 Å². The molecule has 3 atom stereocenters.